The quantitative estimate of drug-likeness (QED) is 0.555. The smallest absolute Gasteiger partial charge is 0.223 e. The maximum absolute atomic E-state index is 10.9. The van der Waals surface area contributed by atoms with Gasteiger partial charge in [0.15, 0.2) is 5.78 Å². The van der Waals surface area contributed by atoms with Crippen molar-refractivity contribution in [2.75, 3.05) is 6.54 Å². The second-order valence-corrected chi connectivity index (χ2v) is 2.43. The monoisotopic (exact) mass is 140 g/mol. The zero-order valence-electron chi connectivity index (χ0n) is 5.96. The molecule has 1 heterocycles. The second kappa shape index (κ2) is 2.82. The fourth-order valence-corrected chi connectivity index (χ4v) is 1.02. The van der Waals surface area contributed by atoms with Crippen molar-refractivity contribution in [3.05, 3.63) is 6.54 Å². The van der Waals surface area contributed by atoms with E-state index in [-0.39, 0.29) is 11.7 Å². The Balaban J connectivity index is 2.40. The summed E-state index contributed by atoms with van der Waals surface area (Å²) in [6, 6.07) is 0. The first-order chi connectivity index (χ1) is 4.70. The van der Waals surface area contributed by atoms with Crippen molar-refractivity contribution in [3.8, 4) is 0 Å². The molecule has 1 amide bonds. The molecule has 55 valence electrons. The normalized spacial score (nSPS) is 18.1. The number of likely N-dealkylation sites (tertiary alicyclic amines) is 1. The Hall–Kier alpha value is -0.860. The van der Waals surface area contributed by atoms with Crippen LogP contribution in [0.4, 0.5) is 0 Å². The molecule has 1 saturated heterocycles. The number of amides is 1. The molecule has 1 fully saturated rings. The van der Waals surface area contributed by atoms with E-state index in [4.69, 9.17) is 0 Å². The third kappa shape index (κ3) is 1.56. The molecule has 1 rings (SSSR count). The standard InChI is InChI=1S/C7H10NO2/c1-6(9)5-8-4-2-3-7(8)10/h5H,2-4H2,1H3. The summed E-state index contributed by atoms with van der Waals surface area (Å²) in [5, 5.41) is 0. The summed E-state index contributed by atoms with van der Waals surface area (Å²) in [6.07, 6.45) is 1.46. The molecule has 0 saturated carbocycles. The van der Waals surface area contributed by atoms with E-state index in [9.17, 15) is 9.59 Å². The number of carbonyl (C=O) groups excluding carboxylic acids is 2. The van der Waals surface area contributed by atoms with Crippen LogP contribution in [0.5, 0.6) is 0 Å². The van der Waals surface area contributed by atoms with Crippen LogP contribution in [-0.4, -0.2) is 23.1 Å². The van der Waals surface area contributed by atoms with Gasteiger partial charge in [-0.25, -0.2) is 0 Å². The van der Waals surface area contributed by atoms with E-state index in [0.717, 1.165) is 6.42 Å². The van der Waals surface area contributed by atoms with Gasteiger partial charge in [-0.15, -0.1) is 0 Å². The van der Waals surface area contributed by atoms with Crippen molar-refractivity contribution in [1.82, 2.24) is 4.90 Å². The summed E-state index contributed by atoms with van der Waals surface area (Å²) in [4.78, 5) is 22.8. The molecule has 0 N–H and O–H groups in total. The molecule has 0 aromatic heterocycles. The summed E-state index contributed by atoms with van der Waals surface area (Å²) < 4.78 is 0. The molecule has 1 aliphatic rings. The zero-order chi connectivity index (χ0) is 7.56. The Kier molecular flexibility index (Phi) is 2.04. The van der Waals surface area contributed by atoms with Crippen LogP contribution in [0.1, 0.15) is 19.8 Å². The van der Waals surface area contributed by atoms with Crippen LogP contribution in [0.25, 0.3) is 0 Å². The van der Waals surface area contributed by atoms with Crippen molar-refractivity contribution in [1.29, 1.82) is 0 Å². The Morgan fingerprint density at radius 3 is 2.80 bits per heavy atom. The van der Waals surface area contributed by atoms with Gasteiger partial charge in [0.2, 0.25) is 5.91 Å². The van der Waals surface area contributed by atoms with Crippen LogP contribution in [-0.2, 0) is 9.59 Å². The molecule has 10 heavy (non-hydrogen) atoms. The highest BCUT2D eigenvalue weighted by Gasteiger charge is 2.20. The molecular formula is C7H10NO2. The Morgan fingerprint density at radius 1 is 1.70 bits per heavy atom. The number of Topliss-reactive ketones (excluding diaryl/α,β-unsaturated/α-hetero) is 1. The van der Waals surface area contributed by atoms with Gasteiger partial charge >= 0.3 is 0 Å². The van der Waals surface area contributed by atoms with Gasteiger partial charge in [-0.2, -0.15) is 0 Å². The summed E-state index contributed by atoms with van der Waals surface area (Å²) in [6.45, 7) is 3.53. The molecule has 1 radical (unpaired) electrons. The minimum absolute atomic E-state index is 0.0600. The minimum Gasteiger partial charge on any atom is -0.330 e. The molecular weight excluding hydrogens is 130 g/mol. The van der Waals surface area contributed by atoms with Crippen LogP contribution >= 0.6 is 0 Å². The van der Waals surface area contributed by atoms with Crippen molar-refractivity contribution in [3.63, 3.8) is 0 Å². The molecule has 0 aromatic rings. The van der Waals surface area contributed by atoms with Crippen LogP contribution < -0.4 is 0 Å². The van der Waals surface area contributed by atoms with Crippen LogP contribution in [0, 0.1) is 6.54 Å². The molecule has 0 unspecified atom stereocenters. The van der Waals surface area contributed by atoms with E-state index >= 15 is 0 Å². The highest BCUT2D eigenvalue weighted by molar-refractivity contribution is 5.90. The lowest BCUT2D eigenvalue weighted by atomic mass is 10.4. The Labute approximate surface area is 60.0 Å². The summed E-state index contributed by atoms with van der Waals surface area (Å²) in [5.41, 5.74) is 0. The summed E-state index contributed by atoms with van der Waals surface area (Å²) in [5.74, 6) is 0.00505. The number of carbonyl (C=O) groups is 2. The fraction of sp³-hybridized carbons (Fsp3) is 0.571. The predicted octanol–water partition coefficient (Wildman–Crippen LogP) is 0.360. The maximum atomic E-state index is 10.9. The van der Waals surface area contributed by atoms with Crippen molar-refractivity contribution >= 4 is 11.7 Å². The van der Waals surface area contributed by atoms with Crippen molar-refractivity contribution < 1.29 is 9.59 Å². The lowest BCUT2D eigenvalue weighted by Crippen LogP contribution is -2.24. The van der Waals surface area contributed by atoms with E-state index in [0.29, 0.717) is 13.0 Å². The summed E-state index contributed by atoms with van der Waals surface area (Å²) >= 11 is 0. The third-order valence-corrected chi connectivity index (χ3v) is 1.45. The number of ketones is 1. The molecule has 3 heteroatoms. The van der Waals surface area contributed by atoms with Gasteiger partial charge in [-0.3, -0.25) is 9.59 Å². The fourth-order valence-electron chi connectivity index (χ4n) is 1.02. The van der Waals surface area contributed by atoms with Gasteiger partial charge in [0.05, 0.1) is 0 Å². The highest BCUT2D eigenvalue weighted by atomic mass is 16.2. The van der Waals surface area contributed by atoms with E-state index in [1.807, 2.05) is 0 Å². The second-order valence-electron chi connectivity index (χ2n) is 2.43. The van der Waals surface area contributed by atoms with E-state index in [2.05, 4.69) is 0 Å². The molecule has 0 bridgehead atoms. The number of hydrogen-bond donors (Lipinski definition) is 0. The number of rotatable bonds is 2. The van der Waals surface area contributed by atoms with Gasteiger partial charge in [0, 0.05) is 13.0 Å². The predicted molar refractivity (Wildman–Crippen MR) is 35.9 cm³/mol. The Bertz CT molecular complexity index is 165. The van der Waals surface area contributed by atoms with Crippen LogP contribution in [0.2, 0.25) is 0 Å². The van der Waals surface area contributed by atoms with Gasteiger partial charge in [-0.05, 0) is 13.3 Å². The van der Waals surface area contributed by atoms with Crippen molar-refractivity contribution in [2.45, 2.75) is 19.8 Å². The Morgan fingerprint density at radius 2 is 2.40 bits per heavy atom. The van der Waals surface area contributed by atoms with Gasteiger partial charge < -0.3 is 4.90 Å². The van der Waals surface area contributed by atoms with E-state index in [1.54, 1.807) is 0 Å². The lowest BCUT2D eigenvalue weighted by molar-refractivity contribution is -0.129. The van der Waals surface area contributed by atoms with Gasteiger partial charge in [-0.1, -0.05) is 0 Å². The highest BCUT2D eigenvalue weighted by Crippen LogP contribution is 2.10. The van der Waals surface area contributed by atoms with Crippen molar-refractivity contribution in [2.24, 2.45) is 0 Å². The molecule has 0 aromatic carbocycles. The minimum atomic E-state index is -0.0600. The van der Waals surface area contributed by atoms with Gasteiger partial charge in [0.25, 0.3) is 0 Å². The average Bonchev–Trinajstić information content (AvgIpc) is 2.15. The van der Waals surface area contributed by atoms with Gasteiger partial charge in [0.1, 0.15) is 6.54 Å². The lowest BCUT2D eigenvalue weighted by Gasteiger charge is -2.10. The van der Waals surface area contributed by atoms with E-state index in [1.165, 1.54) is 18.4 Å². The molecule has 0 aliphatic carbocycles. The SMILES string of the molecule is CC(=O)[CH]N1CCCC1=O. The maximum Gasteiger partial charge on any atom is 0.223 e. The molecule has 3 nitrogen and oxygen atoms in total. The molecule has 0 atom stereocenters. The number of nitrogens with zero attached hydrogens (tertiary/aromatic N) is 1. The molecule has 0 spiro atoms. The average molecular weight is 140 g/mol. The first-order valence-corrected chi connectivity index (χ1v) is 3.35. The third-order valence-electron chi connectivity index (χ3n) is 1.45. The number of hydrogen-bond acceptors (Lipinski definition) is 2. The first kappa shape index (κ1) is 7.25. The van der Waals surface area contributed by atoms with Crippen LogP contribution in [0.15, 0.2) is 0 Å². The molecule has 1 aliphatic heterocycles. The first-order valence-electron chi connectivity index (χ1n) is 3.35. The zero-order valence-corrected chi connectivity index (χ0v) is 5.96. The van der Waals surface area contributed by atoms with Crippen LogP contribution in [0.3, 0.4) is 0 Å². The van der Waals surface area contributed by atoms with E-state index < -0.39 is 0 Å². The largest absolute Gasteiger partial charge is 0.330 e. The topological polar surface area (TPSA) is 37.4 Å². The summed E-state index contributed by atoms with van der Waals surface area (Å²) in [7, 11) is 0.